The lowest BCUT2D eigenvalue weighted by Gasteiger charge is -2.49. The number of carbonyl (C=O) groups is 1. The monoisotopic (exact) mass is 540 g/mol. The number of rotatable bonds is 8. The summed E-state index contributed by atoms with van der Waals surface area (Å²) >= 11 is 6.08. The first-order valence-electron chi connectivity index (χ1n) is 13.7. The predicted octanol–water partition coefficient (Wildman–Crippen LogP) is 4.96. The van der Waals surface area contributed by atoms with E-state index in [1.807, 2.05) is 28.6 Å². The number of nitrogens with one attached hydrogen (secondary N) is 2. The van der Waals surface area contributed by atoms with Crippen molar-refractivity contribution in [3.8, 4) is 0 Å². The van der Waals surface area contributed by atoms with Crippen molar-refractivity contribution in [2.75, 3.05) is 18.8 Å². The number of amides is 1. The lowest BCUT2D eigenvalue weighted by molar-refractivity contribution is -0.124. The van der Waals surface area contributed by atoms with Crippen molar-refractivity contribution in [1.82, 2.24) is 14.9 Å². The molecule has 7 nitrogen and oxygen atoms in total. The number of halogens is 1. The minimum Gasteiger partial charge on any atom is -0.352 e. The van der Waals surface area contributed by atoms with Gasteiger partial charge < -0.3 is 16.4 Å². The second-order valence-electron chi connectivity index (χ2n) is 11.4. The number of piperazine rings is 1. The van der Waals surface area contributed by atoms with Gasteiger partial charge in [-0.05, 0) is 68.1 Å². The maximum Gasteiger partial charge on any atom is 0.237 e. The van der Waals surface area contributed by atoms with Gasteiger partial charge >= 0.3 is 0 Å². The first-order chi connectivity index (χ1) is 17.2. The topological polar surface area (TPSA) is 111 Å². The van der Waals surface area contributed by atoms with Gasteiger partial charge in [0.1, 0.15) is 0 Å². The SMILES string of the molecule is CC(C)[C@H](c1ccc(Cl)cc1)[C@H](N)C(=O)N[C@H]1CCCC[C@@H]1CC[C@H]1CN[C@@H]2CCCS(O)(O)N1C2. The van der Waals surface area contributed by atoms with Crippen LogP contribution < -0.4 is 16.4 Å². The van der Waals surface area contributed by atoms with Crippen LogP contribution in [0.4, 0.5) is 0 Å². The van der Waals surface area contributed by atoms with Gasteiger partial charge in [0.15, 0.2) is 0 Å². The summed E-state index contributed by atoms with van der Waals surface area (Å²) in [6.07, 6.45) is 8.07. The molecule has 6 N–H and O–H groups in total. The molecule has 2 aliphatic heterocycles. The second-order valence-corrected chi connectivity index (χ2v) is 14.0. The summed E-state index contributed by atoms with van der Waals surface area (Å²) in [5, 5.41) is 7.63. The van der Waals surface area contributed by atoms with E-state index in [0.29, 0.717) is 29.3 Å². The highest BCUT2D eigenvalue weighted by molar-refractivity contribution is 8.22. The maximum absolute atomic E-state index is 13.4. The fraction of sp³-hybridized carbons (Fsp3) is 0.741. The zero-order valence-corrected chi connectivity index (χ0v) is 23.3. The Kier molecular flexibility index (Phi) is 9.64. The Morgan fingerprint density at radius 2 is 1.89 bits per heavy atom. The highest BCUT2D eigenvalue weighted by Gasteiger charge is 2.39. The van der Waals surface area contributed by atoms with Gasteiger partial charge in [0, 0.05) is 42.2 Å². The summed E-state index contributed by atoms with van der Waals surface area (Å²) in [5.41, 5.74) is 7.61. The number of carbonyl (C=O) groups excluding carboxylic acids is 1. The van der Waals surface area contributed by atoms with Gasteiger partial charge in [0.05, 0.1) is 11.8 Å². The van der Waals surface area contributed by atoms with E-state index >= 15 is 0 Å². The normalized spacial score (nSPS) is 32.8. The number of fused-ring (bicyclic) bond motifs is 2. The lowest BCUT2D eigenvalue weighted by Crippen LogP contribution is -2.56. The zero-order valence-electron chi connectivity index (χ0n) is 21.7. The molecule has 4 rings (SSSR count). The number of nitrogens with two attached hydrogens (primary N) is 1. The minimum atomic E-state index is -2.69. The molecule has 1 aromatic rings. The summed E-state index contributed by atoms with van der Waals surface area (Å²) in [5.74, 6) is 0.912. The van der Waals surface area contributed by atoms with E-state index in [-0.39, 0.29) is 29.8 Å². The molecule has 0 radical (unpaired) electrons. The molecule has 1 amide bonds. The van der Waals surface area contributed by atoms with Crippen molar-refractivity contribution in [3.05, 3.63) is 34.9 Å². The Bertz CT molecular complexity index is 871. The molecule has 1 aliphatic carbocycles. The van der Waals surface area contributed by atoms with E-state index in [9.17, 15) is 13.9 Å². The van der Waals surface area contributed by atoms with Crippen molar-refractivity contribution < 1.29 is 13.9 Å². The summed E-state index contributed by atoms with van der Waals surface area (Å²) in [6, 6.07) is 7.63. The van der Waals surface area contributed by atoms with Gasteiger partial charge in [-0.1, -0.05) is 50.4 Å². The van der Waals surface area contributed by atoms with Crippen LogP contribution in [0.3, 0.4) is 0 Å². The van der Waals surface area contributed by atoms with Crippen LogP contribution in [0.15, 0.2) is 24.3 Å². The third kappa shape index (κ3) is 6.76. The van der Waals surface area contributed by atoms with Gasteiger partial charge in [-0.15, -0.1) is 10.8 Å². The van der Waals surface area contributed by atoms with Crippen LogP contribution in [0.2, 0.25) is 5.02 Å². The van der Waals surface area contributed by atoms with Crippen LogP contribution in [0.1, 0.15) is 76.7 Å². The largest absolute Gasteiger partial charge is 0.352 e. The molecule has 1 aromatic carbocycles. The average molecular weight is 541 g/mol. The molecule has 36 heavy (non-hydrogen) atoms. The molecule has 2 heterocycles. The van der Waals surface area contributed by atoms with Crippen LogP contribution in [0.25, 0.3) is 0 Å². The Hall–Kier alpha value is -0.870. The summed E-state index contributed by atoms with van der Waals surface area (Å²) in [6.45, 7) is 5.72. The Balaban J connectivity index is 1.38. The highest BCUT2D eigenvalue weighted by atomic mass is 35.5. The van der Waals surface area contributed by atoms with Gasteiger partial charge in [-0.3, -0.25) is 13.9 Å². The fourth-order valence-corrected chi connectivity index (χ4v) is 8.55. The Morgan fingerprint density at radius 1 is 1.17 bits per heavy atom. The fourth-order valence-electron chi connectivity index (χ4n) is 6.56. The maximum atomic E-state index is 13.4. The van der Waals surface area contributed by atoms with E-state index in [2.05, 4.69) is 24.5 Å². The second kappa shape index (κ2) is 12.3. The lowest BCUT2D eigenvalue weighted by atomic mass is 9.79. The molecule has 2 bridgehead atoms. The molecule has 1 unspecified atom stereocenters. The number of hydrogen-bond donors (Lipinski definition) is 5. The van der Waals surface area contributed by atoms with E-state index < -0.39 is 16.8 Å². The van der Waals surface area contributed by atoms with Crippen LogP contribution in [0, 0.1) is 11.8 Å². The van der Waals surface area contributed by atoms with E-state index in [0.717, 1.165) is 57.1 Å². The molecule has 0 spiro atoms. The van der Waals surface area contributed by atoms with Crippen LogP contribution in [0.5, 0.6) is 0 Å². The number of hydrogen-bond acceptors (Lipinski definition) is 6. The molecule has 0 aromatic heterocycles. The summed E-state index contributed by atoms with van der Waals surface area (Å²) < 4.78 is 23.5. The van der Waals surface area contributed by atoms with E-state index in [4.69, 9.17) is 17.3 Å². The smallest absolute Gasteiger partial charge is 0.237 e. The number of benzene rings is 1. The Morgan fingerprint density at radius 3 is 2.61 bits per heavy atom. The standard InChI is InChI=1S/C27H45ClN4O3S/c1-18(2)25(20-9-12-21(28)13-10-20)26(29)27(33)31-24-8-4-3-6-19(24)11-14-23-16-30-22-7-5-15-36(34,35)32(23)17-22/h9-10,12-13,18-19,22-26,30,34-35H,3-8,11,14-17,29H2,1-2H3,(H,31,33)/t19-,22-,23+,24+,25-,26+/m1/s1. The summed E-state index contributed by atoms with van der Waals surface area (Å²) in [7, 11) is -2.69. The molecular formula is C27H45ClN4O3S. The van der Waals surface area contributed by atoms with Crippen LogP contribution in [-0.2, 0) is 4.79 Å². The van der Waals surface area contributed by atoms with Crippen molar-refractivity contribution in [2.24, 2.45) is 17.6 Å². The molecule has 3 aliphatic rings. The molecule has 7 atom stereocenters. The third-order valence-corrected chi connectivity index (χ3v) is 10.9. The average Bonchev–Trinajstić information content (AvgIpc) is 2.96. The third-order valence-electron chi connectivity index (χ3n) is 8.57. The first kappa shape index (κ1) is 28.1. The number of nitrogens with zero attached hydrogens (tertiary/aromatic N) is 1. The van der Waals surface area contributed by atoms with Crippen LogP contribution in [-0.4, -0.2) is 62.3 Å². The van der Waals surface area contributed by atoms with Crippen molar-refractivity contribution in [1.29, 1.82) is 0 Å². The van der Waals surface area contributed by atoms with Gasteiger partial charge in [-0.25, -0.2) is 4.31 Å². The van der Waals surface area contributed by atoms with Gasteiger partial charge in [0.2, 0.25) is 5.91 Å². The van der Waals surface area contributed by atoms with Crippen molar-refractivity contribution in [3.63, 3.8) is 0 Å². The predicted molar refractivity (Wildman–Crippen MR) is 149 cm³/mol. The zero-order chi connectivity index (χ0) is 25.9. The van der Waals surface area contributed by atoms with Crippen molar-refractivity contribution in [2.45, 2.75) is 95.3 Å². The quantitative estimate of drug-likeness (QED) is 0.318. The highest BCUT2D eigenvalue weighted by Crippen LogP contribution is 2.49. The molecule has 2 saturated heterocycles. The molecule has 1 saturated carbocycles. The van der Waals surface area contributed by atoms with E-state index in [1.165, 1.54) is 6.42 Å². The first-order valence-corrected chi connectivity index (χ1v) is 15.8. The van der Waals surface area contributed by atoms with Gasteiger partial charge in [-0.2, -0.15) is 0 Å². The Labute approximate surface area is 223 Å². The molecule has 204 valence electrons. The molecular weight excluding hydrogens is 496 g/mol. The molecule has 9 heteroatoms. The summed E-state index contributed by atoms with van der Waals surface area (Å²) in [4.78, 5) is 13.4. The van der Waals surface area contributed by atoms with Crippen molar-refractivity contribution >= 4 is 28.3 Å². The van der Waals surface area contributed by atoms with Gasteiger partial charge in [0.25, 0.3) is 0 Å². The molecule has 3 fully saturated rings. The van der Waals surface area contributed by atoms with Crippen LogP contribution >= 0.6 is 22.4 Å². The minimum absolute atomic E-state index is 0.0792. The van der Waals surface area contributed by atoms with E-state index in [1.54, 1.807) is 0 Å².